The Labute approximate surface area is 159 Å². The molecule has 0 spiro atoms. The van der Waals surface area contributed by atoms with E-state index in [1.807, 2.05) is 29.9 Å². The van der Waals surface area contributed by atoms with Gasteiger partial charge in [-0.15, -0.1) is 16.4 Å². The Hall–Kier alpha value is -1.25. The third-order valence-corrected chi connectivity index (χ3v) is 5.74. The molecule has 1 N–H and O–H groups in total. The number of benzene rings is 1. The van der Waals surface area contributed by atoms with Gasteiger partial charge in [-0.3, -0.25) is 4.90 Å². The molecular formula is C16H17ClN4S3. The lowest BCUT2D eigenvalue weighted by molar-refractivity contribution is 0.247. The Morgan fingerprint density at radius 3 is 2.83 bits per heavy atom. The first-order chi connectivity index (χ1) is 11.5. The van der Waals surface area contributed by atoms with Crippen LogP contribution in [0.25, 0.3) is 0 Å². The van der Waals surface area contributed by atoms with Crippen LogP contribution in [0.2, 0.25) is 4.34 Å². The van der Waals surface area contributed by atoms with Crippen molar-refractivity contribution in [2.24, 2.45) is 0 Å². The number of aryl methyl sites for hydroxylation is 1. The van der Waals surface area contributed by atoms with E-state index in [-0.39, 0.29) is 0 Å². The van der Waals surface area contributed by atoms with Gasteiger partial charge in [0.05, 0.1) is 11.0 Å². The molecule has 126 valence electrons. The normalized spacial score (nSPS) is 11.2. The van der Waals surface area contributed by atoms with Crippen molar-refractivity contribution in [3.8, 4) is 0 Å². The van der Waals surface area contributed by atoms with Gasteiger partial charge in [0, 0.05) is 17.1 Å². The second-order valence-corrected chi connectivity index (χ2v) is 8.95. The number of nitrogens with zero attached hydrogens (tertiary/aromatic N) is 3. The van der Waals surface area contributed by atoms with E-state index < -0.39 is 0 Å². The zero-order valence-corrected chi connectivity index (χ0v) is 16.5. The summed E-state index contributed by atoms with van der Waals surface area (Å²) < 4.78 is 3.40. The lowest BCUT2D eigenvalue weighted by atomic mass is 10.2. The molecule has 4 nitrogen and oxygen atoms in total. The van der Waals surface area contributed by atoms with E-state index in [0.29, 0.717) is 6.67 Å². The standard InChI is InChI=1S/C16H17ClN4S3/c1-11-4-3-5-12(8-11)18-15-19-21(16(22)24-15)10-20(2)9-13-6-7-14(17)23-13/h3-8H,9-10H2,1-2H3,(H,18,19). The zero-order valence-electron chi connectivity index (χ0n) is 13.3. The van der Waals surface area contributed by atoms with E-state index in [2.05, 4.69) is 40.4 Å². The molecule has 0 fully saturated rings. The van der Waals surface area contributed by atoms with Crippen molar-refractivity contribution in [3.63, 3.8) is 0 Å². The summed E-state index contributed by atoms with van der Waals surface area (Å²) in [6.07, 6.45) is 0. The predicted molar refractivity (Wildman–Crippen MR) is 106 cm³/mol. The number of halogens is 1. The van der Waals surface area contributed by atoms with Crippen molar-refractivity contribution in [1.29, 1.82) is 0 Å². The van der Waals surface area contributed by atoms with Crippen molar-refractivity contribution in [2.75, 3.05) is 12.4 Å². The van der Waals surface area contributed by atoms with Gasteiger partial charge in [-0.05, 0) is 56.0 Å². The van der Waals surface area contributed by atoms with Gasteiger partial charge >= 0.3 is 0 Å². The molecule has 8 heteroatoms. The molecule has 0 aliphatic rings. The summed E-state index contributed by atoms with van der Waals surface area (Å²) in [4.78, 5) is 3.39. The lowest BCUT2D eigenvalue weighted by Crippen LogP contribution is -2.22. The SMILES string of the molecule is Cc1cccc(Nc2nn(CN(C)Cc3ccc(Cl)s3)c(=S)s2)c1. The van der Waals surface area contributed by atoms with E-state index in [9.17, 15) is 0 Å². The fourth-order valence-electron chi connectivity index (χ4n) is 2.27. The minimum atomic E-state index is 0.639. The summed E-state index contributed by atoms with van der Waals surface area (Å²) >= 11 is 14.5. The highest BCUT2D eigenvalue weighted by atomic mass is 35.5. The van der Waals surface area contributed by atoms with Crippen LogP contribution in [0.3, 0.4) is 0 Å². The van der Waals surface area contributed by atoms with Crippen LogP contribution in [0.15, 0.2) is 36.4 Å². The third-order valence-electron chi connectivity index (χ3n) is 3.31. The average molecular weight is 397 g/mol. The first-order valence-electron chi connectivity index (χ1n) is 7.34. The summed E-state index contributed by atoms with van der Waals surface area (Å²) in [5, 5.41) is 8.70. The Morgan fingerprint density at radius 1 is 1.29 bits per heavy atom. The number of aromatic nitrogens is 2. The molecule has 3 aromatic rings. The largest absolute Gasteiger partial charge is 0.330 e. The monoisotopic (exact) mass is 396 g/mol. The molecule has 0 unspecified atom stereocenters. The van der Waals surface area contributed by atoms with Crippen LogP contribution < -0.4 is 5.32 Å². The summed E-state index contributed by atoms with van der Waals surface area (Å²) in [7, 11) is 2.04. The highest BCUT2D eigenvalue weighted by Crippen LogP contribution is 2.23. The van der Waals surface area contributed by atoms with Gasteiger partial charge in [-0.25, -0.2) is 4.68 Å². The van der Waals surface area contributed by atoms with E-state index in [1.54, 1.807) is 11.3 Å². The predicted octanol–water partition coefficient (Wildman–Crippen LogP) is 5.53. The maximum absolute atomic E-state index is 5.98. The van der Waals surface area contributed by atoms with Crippen molar-refractivity contribution in [1.82, 2.24) is 14.7 Å². The quantitative estimate of drug-likeness (QED) is 0.555. The van der Waals surface area contributed by atoms with Crippen molar-refractivity contribution >= 4 is 57.3 Å². The second kappa shape index (κ2) is 7.76. The van der Waals surface area contributed by atoms with Gasteiger partial charge in [0.25, 0.3) is 0 Å². The van der Waals surface area contributed by atoms with E-state index >= 15 is 0 Å². The fourth-order valence-corrected chi connectivity index (χ4v) is 4.45. The molecule has 0 saturated carbocycles. The topological polar surface area (TPSA) is 33.1 Å². The number of hydrogen-bond donors (Lipinski definition) is 1. The number of thiophene rings is 1. The summed E-state index contributed by atoms with van der Waals surface area (Å²) in [6, 6.07) is 12.2. The minimum absolute atomic E-state index is 0.639. The molecule has 0 saturated heterocycles. The van der Waals surface area contributed by atoms with Crippen LogP contribution in [0, 0.1) is 10.9 Å². The molecule has 0 aliphatic heterocycles. The summed E-state index contributed by atoms with van der Waals surface area (Å²) in [5.74, 6) is 0. The zero-order chi connectivity index (χ0) is 17.1. The molecule has 1 aromatic carbocycles. The van der Waals surface area contributed by atoms with E-state index in [0.717, 1.165) is 25.7 Å². The summed E-state index contributed by atoms with van der Waals surface area (Å²) in [6.45, 7) is 3.52. The first-order valence-corrected chi connectivity index (χ1v) is 9.76. The van der Waals surface area contributed by atoms with Gasteiger partial charge in [0.1, 0.15) is 0 Å². The highest BCUT2D eigenvalue weighted by Gasteiger charge is 2.08. The molecule has 0 amide bonds. The number of nitrogens with one attached hydrogen (secondary N) is 1. The smallest absolute Gasteiger partial charge is 0.209 e. The summed E-state index contributed by atoms with van der Waals surface area (Å²) in [5.41, 5.74) is 2.23. The van der Waals surface area contributed by atoms with Gasteiger partial charge in [-0.2, -0.15) is 0 Å². The molecular weight excluding hydrogens is 380 g/mol. The number of anilines is 2. The van der Waals surface area contributed by atoms with Gasteiger partial charge in [-0.1, -0.05) is 35.1 Å². The Balaban J connectivity index is 1.66. The van der Waals surface area contributed by atoms with Gasteiger partial charge in [0.15, 0.2) is 3.95 Å². The molecule has 0 radical (unpaired) electrons. The molecule has 0 bridgehead atoms. The molecule has 0 atom stereocenters. The maximum Gasteiger partial charge on any atom is 0.209 e. The third kappa shape index (κ3) is 4.64. The Morgan fingerprint density at radius 2 is 2.12 bits per heavy atom. The first kappa shape index (κ1) is 17.6. The van der Waals surface area contributed by atoms with Crippen LogP contribution in [0.1, 0.15) is 10.4 Å². The van der Waals surface area contributed by atoms with Crippen molar-refractivity contribution in [3.05, 3.63) is 55.1 Å². The van der Waals surface area contributed by atoms with Gasteiger partial charge < -0.3 is 5.32 Å². The average Bonchev–Trinajstić information content (AvgIpc) is 3.05. The molecule has 3 rings (SSSR count). The molecule has 2 heterocycles. The maximum atomic E-state index is 5.98. The van der Waals surface area contributed by atoms with Crippen molar-refractivity contribution < 1.29 is 0 Å². The number of hydrogen-bond acceptors (Lipinski definition) is 6. The van der Waals surface area contributed by atoms with Gasteiger partial charge in [0.2, 0.25) is 5.13 Å². The molecule has 2 aromatic heterocycles. The lowest BCUT2D eigenvalue weighted by Gasteiger charge is -2.15. The van der Waals surface area contributed by atoms with Crippen molar-refractivity contribution in [2.45, 2.75) is 20.1 Å². The Bertz CT molecular complexity index is 883. The van der Waals surface area contributed by atoms with Crippen LogP contribution >= 0.6 is 46.5 Å². The minimum Gasteiger partial charge on any atom is -0.330 e. The van der Waals surface area contributed by atoms with E-state index in [1.165, 1.54) is 21.8 Å². The second-order valence-electron chi connectivity index (χ2n) is 5.53. The molecule has 0 aliphatic carbocycles. The molecule has 24 heavy (non-hydrogen) atoms. The van der Waals surface area contributed by atoms with Crippen LogP contribution in [0.5, 0.6) is 0 Å². The van der Waals surface area contributed by atoms with Crippen LogP contribution in [-0.4, -0.2) is 21.7 Å². The highest BCUT2D eigenvalue weighted by molar-refractivity contribution is 7.73. The van der Waals surface area contributed by atoms with Crippen LogP contribution in [0.4, 0.5) is 10.8 Å². The van der Waals surface area contributed by atoms with Crippen LogP contribution in [-0.2, 0) is 13.2 Å². The Kier molecular flexibility index (Phi) is 5.68. The van der Waals surface area contributed by atoms with E-state index in [4.69, 9.17) is 23.8 Å². The number of rotatable bonds is 6. The fraction of sp³-hybridized carbons (Fsp3) is 0.250.